The minimum Gasteiger partial charge on any atom is -0.350 e. The van der Waals surface area contributed by atoms with Crippen molar-refractivity contribution in [2.45, 2.75) is 30.7 Å². The number of aryl methyl sites for hydroxylation is 1. The maximum Gasteiger partial charge on any atom is 0.261 e. The zero-order chi connectivity index (χ0) is 23.3. The molecule has 172 valence electrons. The van der Waals surface area contributed by atoms with Crippen molar-refractivity contribution in [1.29, 1.82) is 0 Å². The Morgan fingerprint density at radius 1 is 0.909 bits per heavy atom. The lowest BCUT2D eigenvalue weighted by Gasteiger charge is -2.28. The topological polar surface area (TPSA) is 78.5 Å². The fourth-order valence-electron chi connectivity index (χ4n) is 4.15. The number of rotatable bonds is 8. The zero-order valence-corrected chi connectivity index (χ0v) is 19.5. The van der Waals surface area contributed by atoms with Crippen LogP contribution in [0.1, 0.15) is 40.4 Å². The number of para-hydroxylation sites is 1. The monoisotopic (exact) mass is 463 g/mol. The largest absolute Gasteiger partial charge is 0.350 e. The molecule has 1 aliphatic heterocycles. The first-order valence-electron chi connectivity index (χ1n) is 11.2. The third kappa shape index (κ3) is 5.61. The maximum absolute atomic E-state index is 12.8. The Morgan fingerprint density at radius 3 is 2.21 bits per heavy atom. The molecular formula is C26H29N3O3S. The average Bonchev–Trinajstić information content (AvgIpc) is 3.36. The van der Waals surface area contributed by atoms with Gasteiger partial charge in [0, 0.05) is 12.1 Å². The van der Waals surface area contributed by atoms with Crippen LogP contribution in [0.3, 0.4) is 0 Å². The molecule has 2 N–H and O–H groups in total. The molecule has 0 aliphatic carbocycles. The van der Waals surface area contributed by atoms with Gasteiger partial charge in [0.25, 0.3) is 15.9 Å². The molecule has 7 heteroatoms. The molecule has 4 rings (SSSR count). The van der Waals surface area contributed by atoms with Gasteiger partial charge in [-0.3, -0.25) is 14.4 Å². The SMILES string of the molecule is Cc1ccccc1NS(=O)(=O)c1ccc(C(=O)NCC(c2ccccc2)N2CCCC2)cc1. The van der Waals surface area contributed by atoms with Crippen LogP contribution < -0.4 is 10.0 Å². The number of hydrogen-bond donors (Lipinski definition) is 2. The highest BCUT2D eigenvalue weighted by Gasteiger charge is 2.24. The molecule has 0 bridgehead atoms. The summed E-state index contributed by atoms with van der Waals surface area (Å²) in [5.41, 5.74) is 2.98. The second-order valence-electron chi connectivity index (χ2n) is 8.32. The summed E-state index contributed by atoms with van der Waals surface area (Å²) < 4.78 is 28.1. The van der Waals surface area contributed by atoms with Crippen LogP contribution in [0.5, 0.6) is 0 Å². The van der Waals surface area contributed by atoms with Gasteiger partial charge in [-0.2, -0.15) is 0 Å². The Bertz CT molecular complexity index is 1190. The van der Waals surface area contributed by atoms with Gasteiger partial charge in [-0.15, -0.1) is 0 Å². The molecular weight excluding hydrogens is 434 g/mol. The van der Waals surface area contributed by atoms with Gasteiger partial charge in [0.2, 0.25) is 0 Å². The number of benzene rings is 3. The van der Waals surface area contributed by atoms with Gasteiger partial charge in [0.1, 0.15) is 0 Å². The maximum atomic E-state index is 12.8. The van der Waals surface area contributed by atoms with Crippen molar-refractivity contribution in [3.8, 4) is 0 Å². The van der Waals surface area contributed by atoms with E-state index in [2.05, 4.69) is 27.1 Å². The summed E-state index contributed by atoms with van der Waals surface area (Å²) in [7, 11) is -3.74. The standard InChI is InChI=1S/C26H29N3O3S/c1-20-9-5-6-12-24(20)28-33(31,32)23-15-13-22(14-16-23)26(30)27-19-25(29-17-7-8-18-29)21-10-3-2-4-11-21/h2-6,9-16,25,28H,7-8,17-19H2,1H3,(H,27,30). The van der Waals surface area contributed by atoms with Crippen LogP contribution in [0.2, 0.25) is 0 Å². The Balaban J connectivity index is 1.43. The molecule has 0 spiro atoms. The van der Waals surface area contributed by atoms with E-state index in [1.165, 1.54) is 30.5 Å². The molecule has 6 nitrogen and oxygen atoms in total. The molecule has 3 aromatic carbocycles. The molecule has 1 aliphatic rings. The highest BCUT2D eigenvalue weighted by molar-refractivity contribution is 7.92. The van der Waals surface area contributed by atoms with Gasteiger partial charge in [-0.1, -0.05) is 48.5 Å². The Morgan fingerprint density at radius 2 is 1.55 bits per heavy atom. The summed E-state index contributed by atoms with van der Waals surface area (Å²) >= 11 is 0. The molecule has 1 amide bonds. The quantitative estimate of drug-likeness (QED) is 0.520. The summed E-state index contributed by atoms with van der Waals surface area (Å²) in [6.07, 6.45) is 2.34. The first kappa shape index (κ1) is 23.0. The normalized spacial score (nSPS) is 15.2. The highest BCUT2D eigenvalue weighted by atomic mass is 32.2. The number of nitrogens with zero attached hydrogens (tertiary/aromatic N) is 1. The predicted octanol–water partition coefficient (Wildman–Crippen LogP) is 4.36. The van der Waals surface area contributed by atoms with E-state index in [0.29, 0.717) is 17.8 Å². The molecule has 1 fully saturated rings. The van der Waals surface area contributed by atoms with Crippen molar-refractivity contribution < 1.29 is 13.2 Å². The number of carbonyl (C=O) groups excluding carboxylic acids is 1. The van der Waals surface area contributed by atoms with Crippen LogP contribution in [-0.2, 0) is 10.0 Å². The van der Waals surface area contributed by atoms with E-state index in [1.807, 2.05) is 37.3 Å². The zero-order valence-electron chi connectivity index (χ0n) is 18.7. The van der Waals surface area contributed by atoms with E-state index < -0.39 is 10.0 Å². The minimum atomic E-state index is -3.74. The molecule has 1 heterocycles. The Labute approximate surface area is 195 Å². The number of anilines is 1. The highest BCUT2D eigenvalue weighted by Crippen LogP contribution is 2.25. The lowest BCUT2D eigenvalue weighted by atomic mass is 10.1. The van der Waals surface area contributed by atoms with Crippen molar-refractivity contribution >= 4 is 21.6 Å². The number of nitrogens with one attached hydrogen (secondary N) is 2. The lowest BCUT2D eigenvalue weighted by molar-refractivity contribution is 0.0938. The molecule has 3 aromatic rings. The minimum absolute atomic E-state index is 0.113. The van der Waals surface area contributed by atoms with Crippen molar-refractivity contribution in [3.63, 3.8) is 0 Å². The van der Waals surface area contributed by atoms with Crippen LogP contribution in [0.25, 0.3) is 0 Å². The summed E-state index contributed by atoms with van der Waals surface area (Å²) in [4.78, 5) is 15.3. The van der Waals surface area contributed by atoms with Gasteiger partial charge < -0.3 is 5.32 Å². The second kappa shape index (κ2) is 10.2. The van der Waals surface area contributed by atoms with Crippen LogP contribution >= 0.6 is 0 Å². The lowest BCUT2D eigenvalue weighted by Crippen LogP contribution is -2.36. The van der Waals surface area contributed by atoms with Gasteiger partial charge >= 0.3 is 0 Å². The van der Waals surface area contributed by atoms with Crippen molar-refractivity contribution in [3.05, 3.63) is 95.6 Å². The van der Waals surface area contributed by atoms with Crippen LogP contribution in [0.4, 0.5) is 5.69 Å². The molecule has 0 radical (unpaired) electrons. The van der Waals surface area contributed by atoms with Crippen LogP contribution in [-0.4, -0.2) is 38.9 Å². The average molecular weight is 464 g/mol. The van der Waals surface area contributed by atoms with E-state index in [-0.39, 0.29) is 16.8 Å². The van der Waals surface area contributed by atoms with E-state index in [9.17, 15) is 13.2 Å². The van der Waals surface area contributed by atoms with Gasteiger partial charge in [-0.25, -0.2) is 8.42 Å². The number of carbonyl (C=O) groups is 1. The first-order chi connectivity index (χ1) is 15.9. The molecule has 0 saturated carbocycles. The summed E-state index contributed by atoms with van der Waals surface area (Å²) in [5, 5.41) is 3.03. The number of amides is 1. The fraction of sp³-hybridized carbons (Fsp3) is 0.269. The third-order valence-corrected chi connectivity index (χ3v) is 7.42. The van der Waals surface area contributed by atoms with E-state index in [1.54, 1.807) is 24.3 Å². The van der Waals surface area contributed by atoms with Crippen molar-refractivity contribution in [1.82, 2.24) is 10.2 Å². The van der Waals surface area contributed by atoms with Gasteiger partial charge in [-0.05, 0) is 74.3 Å². The van der Waals surface area contributed by atoms with Crippen molar-refractivity contribution in [2.24, 2.45) is 0 Å². The third-order valence-electron chi connectivity index (χ3n) is 6.04. The molecule has 1 saturated heterocycles. The predicted molar refractivity (Wildman–Crippen MR) is 131 cm³/mol. The molecule has 1 unspecified atom stereocenters. The van der Waals surface area contributed by atoms with E-state index >= 15 is 0 Å². The smallest absolute Gasteiger partial charge is 0.261 e. The molecule has 1 atom stereocenters. The fourth-order valence-corrected chi connectivity index (χ4v) is 5.28. The van der Waals surface area contributed by atoms with Crippen LogP contribution in [0.15, 0.2) is 83.8 Å². The summed E-state index contributed by atoms with van der Waals surface area (Å²) in [6, 6.07) is 23.6. The Kier molecular flexibility index (Phi) is 7.11. The molecule has 0 aromatic heterocycles. The number of sulfonamides is 1. The first-order valence-corrected chi connectivity index (χ1v) is 12.7. The van der Waals surface area contributed by atoms with E-state index in [0.717, 1.165) is 18.7 Å². The van der Waals surface area contributed by atoms with E-state index in [4.69, 9.17) is 0 Å². The molecule has 33 heavy (non-hydrogen) atoms. The van der Waals surface area contributed by atoms with Crippen LogP contribution in [0, 0.1) is 6.92 Å². The Hall–Kier alpha value is -3.16. The number of hydrogen-bond acceptors (Lipinski definition) is 4. The van der Waals surface area contributed by atoms with Crippen molar-refractivity contribution in [2.75, 3.05) is 24.4 Å². The summed E-state index contributed by atoms with van der Waals surface area (Å²) in [6.45, 7) is 4.39. The summed E-state index contributed by atoms with van der Waals surface area (Å²) in [5.74, 6) is -0.217. The van der Waals surface area contributed by atoms with Gasteiger partial charge in [0.05, 0.1) is 16.6 Å². The second-order valence-corrected chi connectivity index (χ2v) is 10.0. The number of likely N-dealkylation sites (tertiary alicyclic amines) is 1. The van der Waals surface area contributed by atoms with Gasteiger partial charge in [0.15, 0.2) is 0 Å².